The molecule has 3 atom stereocenters. The highest BCUT2D eigenvalue weighted by Gasteiger charge is 2.34. The maximum atomic E-state index is 13.6. The van der Waals surface area contributed by atoms with Crippen LogP contribution in [0, 0.1) is 5.92 Å². The molecule has 4 rings (SSSR count). The molecular weight excluding hydrogens is 458 g/mol. The molecule has 2 aromatic rings. The lowest BCUT2D eigenvalue weighted by Crippen LogP contribution is -2.50. The Labute approximate surface area is 212 Å². The molecule has 1 aromatic carbocycles. The van der Waals surface area contributed by atoms with Crippen LogP contribution < -0.4 is 4.74 Å². The summed E-state index contributed by atoms with van der Waals surface area (Å²) in [5.41, 5.74) is 3.56. The van der Waals surface area contributed by atoms with Crippen LogP contribution in [0.2, 0.25) is 0 Å². The number of benzene rings is 1. The van der Waals surface area contributed by atoms with Crippen molar-refractivity contribution >= 4 is 17.4 Å². The molecule has 0 fully saturated rings. The van der Waals surface area contributed by atoms with Crippen molar-refractivity contribution < 1.29 is 24.5 Å². The number of nitrogens with zero attached hydrogens (tertiary/aromatic N) is 3. The van der Waals surface area contributed by atoms with Crippen LogP contribution in [0.25, 0.3) is 5.57 Å². The normalized spacial score (nSPS) is 20.9. The van der Waals surface area contributed by atoms with E-state index in [4.69, 9.17) is 4.74 Å². The average molecular weight is 494 g/mol. The minimum atomic E-state index is -0.951. The van der Waals surface area contributed by atoms with E-state index in [-0.39, 0.29) is 36.1 Å². The Morgan fingerprint density at radius 2 is 2.11 bits per heavy atom. The zero-order valence-corrected chi connectivity index (χ0v) is 21.2. The van der Waals surface area contributed by atoms with Gasteiger partial charge in [0.05, 0.1) is 18.2 Å². The van der Waals surface area contributed by atoms with E-state index in [0.717, 1.165) is 30.4 Å². The summed E-state index contributed by atoms with van der Waals surface area (Å²) in [6, 6.07) is 8.51. The summed E-state index contributed by atoms with van der Waals surface area (Å²) in [6.45, 7) is 5.11. The van der Waals surface area contributed by atoms with E-state index in [9.17, 15) is 19.8 Å². The first-order chi connectivity index (χ1) is 17.3. The van der Waals surface area contributed by atoms with Crippen molar-refractivity contribution in [3.05, 3.63) is 64.9 Å². The van der Waals surface area contributed by atoms with Gasteiger partial charge in [0.15, 0.2) is 0 Å². The molecule has 0 radical (unpaired) electrons. The monoisotopic (exact) mass is 493 g/mol. The van der Waals surface area contributed by atoms with Crippen molar-refractivity contribution in [1.29, 1.82) is 0 Å². The van der Waals surface area contributed by atoms with Gasteiger partial charge in [0.1, 0.15) is 11.7 Å². The Morgan fingerprint density at radius 3 is 2.81 bits per heavy atom. The number of hydrogen-bond acceptors (Lipinski definition) is 6. The van der Waals surface area contributed by atoms with Crippen LogP contribution in [0.4, 0.5) is 0 Å². The third-order valence-electron chi connectivity index (χ3n) is 7.11. The van der Waals surface area contributed by atoms with Crippen LogP contribution in [-0.4, -0.2) is 75.8 Å². The van der Waals surface area contributed by atoms with Gasteiger partial charge < -0.3 is 19.8 Å². The van der Waals surface area contributed by atoms with Crippen molar-refractivity contribution in [1.82, 2.24) is 14.8 Å². The predicted molar refractivity (Wildman–Crippen MR) is 137 cm³/mol. The SMILES string of the molecule is C[C@H](CO)N1C[C@H](C)[C@H](CN(C)Cc2ccccc2C(=O)O)Oc2ncc(C3=CCCC3)cc2C1=O. The van der Waals surface area contributed by atoms with Gasteiger partial charge in [-0.3, -0.25) is 9.69 Å². The van der Waals surface area contributed by atoms with Crippen molar-refractivity contribution in [2.45, 2.75) is 51.8 Å². The molecule has 192 valence electrons. The first-order valence-corrected chi connectivity index (χ1v) is 12.6. The molecule has 8 heteroatoms. The van der Waals surface area contributed by atoms with E-state index < -0.39 is 5.97 Å². The lowest BCUT2D eigenvalue weighted by atomic mass is 9.98. The van der Waals surface area contributed by atoms with Crippen LogP contribution in [0.3, 0.4) is 0 Å². The standard InChI is InChI=1S/C28H35N3O5/c1-18-14-31(19(2)17-32)27(33)24-12-22(20-8-4-5-9-20)13-29-26(24)36-25(18)16-30(3)15-21-10-6-7-11-23(21)28(34)35/h6-8,10-13,18-19,25,32H,4-5,9,14-17H2,1-3H3,(H,34,35)/t18-,19+,25-/m0/s1. The van der Waals surface area contributed by atoms with Crippen molar-refractivity contribution in [2.75, 3.05) is 26.7 Å². The number of fused-ring (bicyclic) bond motifs is 1. The molecule has 8 nitrogen and oxygen atoms in total. The largest absolute Gasteiger partial charge is 0.478 e. The van der Waals surface area contributed by atoms with Crippen molar-refractivity contribution in [2.24, 2.45) is 5.92 Å². The topological polar surface area (TPSA) is 103 Å². The Morgan fingerprint density at radius 1 is 1.33 bits per heavy atom. The molecule has 1 amide bonds. The summed E-state index contributed by atoms with van der Waals surface area (Å²) in [5.74, 6) is -0.887. The van der Waals surface area contributed by atoms with E-state index in [1.807, 2.05) is 44.0 Å². The maximum Gasteiger partial charge on any atom is 0.336 e. The van der Waals surface area contributed by atoms with Crippen molar-refractivity contribution in [3.63, 3.8) is 0 Å². The first kappa shape index (κ1) is 25.9. The number of ether oxygens (including phenoxy) is 1. The Kier molecular flexibility index (Phi) is 8.06. The van der Waals surface area contributed by atoms with Gasteiger partial charge >= 0.3 is 5.97 Å². The quantitative estimate of drug-likeness (QED) is 0.578. The summed E-state index contributed by atoms with van der Waals surface area (Å²) in [5, 5.41) is 19.4. The number of likely N-dealkylation sites (N-methyl/N-ethyl adjacent to an activating group) is 1. The smallest absolute Gasteiger partial charge is 0.336 e. The number of aliphatic hydroxyl groups is 1. The van der Waals surface area contributed by atoms with Gasteiger partial charge in [0.2, 0.25) is 5.88 Å². The highest BCUT2D eigenvalue weighted by Crippen LogP contribution is 2.32. The number of rotatable bonds is 8. The van der Waals surface area contributed by atoms with Crippen LogP contribution in [0.1, 0.15) is 65.0 Å². The minimum Gasteiger partial charge on any atom is -0.478 e. The second-order valence-electron chi connectivity index (χ2n) is 9.98. The summed E-state index contributed by atoms with van der Waals surface area (Å²) < 4.78 is 6.39. The summed E-state index contributed by atoms with van der Waals surface area (Å²) in [6.07, 6.45) is 6.77. The second-order valence-corrected chi connectivity index (χ2v) is 9.98. The highest BCUT2D eigenvalue weighted by molar-refractivity contribution is 5.97. The van der Waals surface area contributed by atoms with Gasteiger partial charge in [-0.25, -0.2) is 9.78 Å². The molecule has 0 saturated carbocycles. The second kappa shape index (κ2) is 11.2. The number of carboxylic acids is 1. The average Bonchev–Trinajstić information content (AvgIpc) is 3.40. The van der Waals surface area contributed by atoms with Gasteiger partial charge in [0, 0.05) is 31.7 Å². The molecule has 2 aliphatic rings. The van der Waals surface area contributed by atoms with Crippen LogP contribution in [0.5, 0.6) is 5.88 Å². The number of pyridine rings is 1. The number of hydrogen-bond donors (Lipinski definition) is 2. The number of aliphatic hydroxyl groups excluding tert-OH is 1. The van der Waals surface area contributed by atoms with E-state index in [2.05, 4.69) is 11.1 Å². The van der Waals surface area contributed by atoms with Crippen molar-refractivity contribution in [3.8, 4) is 5.88 Å². The molecule has 0 spiro atoms. The van der Waals surface area contributed by atoms with Gasteiger partial charge in [-0.15, -0.1) is 0 Å². The molecule has 2 N–H and O–H groups in total. The molecule has 2 heterocycles. The highest BCUT2D eigenvalue weighted by atomic mass is 16.5. The van der Waals surface area contributed by atoms with E-state index >= 15 is 0 Å². The molecular formula is C28H35N3O5. The fourth-order valence-corrected chi connectivity index (χ4v) is 4.96. The molecule has 1 aromatic heterocycles. The molecule has 1 aliphatic carbocycles. The Hall–Kier alpha value is -3.23. The number of carboxylic acid groups (broad SMARTS) is 1. The number of carbonyl (C=O) groups is 2. The molecule has 1 aliphatic heterocycles. The van der Waals surface area contributed by atoms with Gasteiger partial charge in [-0.05, 0) is 62.1 Å². The van der Waals surface area contributed by atoms with Crippen LogP contribution >= 0.6 is 0 Å². The molecule has 0 unspecified atom stereocenters. The Bertz CT molecular complexity index is 1150. The summed E-state index contributed by atoms with van der Waals surface area (Å²) in [7, 11) is 1.93. The number of amides is 1. The number of aromatic nitrogens is 1. The lowest BCUT2D eigenvalue weighted by molar-refractivity contribution is 0.0325. The first-order valence-electron chi connectivity index (χ1n) is 12.6. The van der Waals surface area contributed by atoms with Gasteiger partial charge in [-0.2, -0.15) is 0 Å². The zero-order valence-electron chi connectivity index (χ0n) is 21.2. The number of aromatic carboxylic acids is 1. The number of allylic oxidation sites excluding steroid dienone is 2. The summed E-state index contributed by atoms with van der Waals surface area (Å²) in [4.78, 5) is 33.5. The number of carbonyl (C=O) groups excluding carboxylic acids is 1. The fourth-order valence-electron chi connectivity index (χ4n) is 4.96. The zero-order chi connectivity index (χ0) is 25.8. The van der Waals surface area contributed by atoms with E-state index in [1.54, 1.807) is 23.2 Å². The minimum absolute atomic E-state index is 0.0488. The third-order valence-corrected chi connectivity index (χ3v) is 7.11. The van der Waals surface area contributed by atoms with E-state index in [1.165, 1.54) is 5.57 Å². The third kappa shape index (κ3) is 5.60. The van der Waals surface area contributed by atoms with Crippen LogP contribution in [-0.2, 0) is 6.54 Å². The maximum absolute atomic E-state index is 13.6. The molecule has 0 saturated heterocycles. The predicted octanol–water partition coefficient (Wildman–Crippen LogP) is 3.70. The van der Waals surface area contributed by atoms with Crippen LogP contribution in [0.15, 0.2) is 42.6 Å². The fraction of sp³-hybridized carbons (Fsp3) is 0.464. The Balaban J connectivity index is 1.62. The van der Waals surface area contributed by atoms with Gasteiger partial charge in [0.25, 0.3) is 5.91 Å². The van der Waals surface area contributed by atoms with E-state index in [0.29, 0.717) is 31.1 Å². The summed E-state index contributed by atoms with van der Waals surface area (Å²) >= 11 is 0. The lowest BCUT2D eigenvalue weighted by Gasteiger charge is -2.37. The molecule has 0 bridgehead atoms. The van der Waals surface area contributed by atoms with Gasteiger partial charge in [-0.1, -0.05) is 31.2 Å². The molecule has 36 heavy (non-hydrogen) atoms.